The fourth-order valence-electron chi connectivity index (χ4n) is 3.10. The summed E-state index contributed by atoms with van der Waals surface area (Å²) in [5.41, 5.74) is 3.48. The molecule has 0 spiro atoms. The molecular formula is C21H18ClN5O2. The molecule has 7 nitrogen and oxygen atoms in total. The maximum Gasteiger partial charge on any atom is 0.259 e. The first kappa shape index (κ1) is 18.9. The van der Waals surface area contributed by atoms with E-state index in [0.29, 0.717) is 22.1 Å². The van der Waals surface area contributed by atoms with Crippen LogP contribution in [0, 0.1) is 0 Å². The number of para-hydroxylation sites is 1. The quantitative estimate of drug-likeness (QED) is 0.505. The molecule has 1 N–H and O–H groups in total. The number of hydrogen-bond donors (Lipinski definition) is 1. The first-order valence-electron chi connectivity index (χ1n) is 9.05. The van der Waals surface area contributed by atoms with Crippen LogP contribution in [0.4, 0.5) is 5.69 Å². The van der Waals surface area contributed by atoms with Crippen molar-refractivity contribution in [2.24, 2.45) is 0 Å². The van der Waals surface area contributed by atoms with Crippen molar-refractivity contribution in [2.45, 2.75) is 19.8 Å². The molecule has 8 heteroatoms. The van der Waals surface area contributed by atoms with Crippen molar-refractivity contribution in [1.29, 1.82) is 0 Å². The van der Waals surface area contributed by atoms with Gasteiger partial charge in [-0.25, -0.2) is 4.68 Å². The van der Waals surface area contributed by atoms with Gasteiger partial charge in [0.25, 0.3) is 5.91 Å². The number of aromatic nitrogens is 4. The number of amides is 1. The molecule has 0 aliphatic carbocycles. The lowest BCUT2D eigenvalue weighted by molar-refractivity contribution is 0.102. The maximum atomic E-state index is 12.9. The van der Waals surface area contributed by atoms with Crippen LogP contribution < -0.4 is 5.32 Å². The Labute approximate surface area is 172 Å². The summed E-state index contributed by atoms with van der Waals surface area (Å²) in [6.07, 6.45) is 2.84. The van der Waals surface area contributed by atoms with Gasteiger partial charge in [-0.1, -0.05) is 42.7 Å². The maximum absolute atomic E-state index is 12.9. The lowest BCUT2D eigenvalue weighted by atomic mass is 10.0. The minimum absolute atomic E-state index is 0.0649. The number of hydrogen-bond acceptors (Lipinski definition) is 5. The second-order valence-corrected chi connectivity index (χ2v) is 7.15. The van der Waals surface area contributed by atoms with Crippen molar-refractivity contribution in [3.05, 3.63) is 77.4 Å². The van der Waals surface area contributed by atoms with Crippen LogP contribution in [0.5, 0.6) is 0 Å². The number of nitrogens with zero attached hydrogens (tertiary/aromatic N) is 4. The van der Waals surface area contributed by atoms with Crippen molar-refractivity contribution >= 4 is 23.2 Å². The Bertz CT molecular complexity index is 1130. The Kier molecular flexibility index (Phi) is 5.14. The first-order valence-corrected chi connectivity index (χ1v) is 9.43. The van der Waals surface area contributed by atoms with Gasteiger partial charge < -0.3 is 9.84 Å². The van der Waals surface area contributed by atoms with E-state index in [1.165, 1.54) is 6.39 Å². The third-order valence-corrected chi connectivity index (χ3v) is 4.76. The average Bonchev–Trinajstić information content (AvgIpc) is 3.39. The number of rotatable bonds is 5. The lowest BCUT2D eigenvalue weighted by Gasteiger charge is -2.14. The van der Waals surface area contributed by atoms with Gasteiger partial charge in [-0.2, -0.15) is 10.1 Å². The number of halogens is 1. The standard InChI is InChI=1S/C21H18ClN5O2/c1-13(2)19-16(11-24-27(19)18-6-4-3-5-17(18)22)21(28)25-15-9-7-14(8-10-15)20-23-12-29-26-20/h3-13H,1-2H3,(H,25,28). The van der Waals surface area contributed by atoms with Crippen LogP contribution in [0.2, 0.25) is 5.02 Å². The highest BCUT2D eigenvalue weighted by Crippen LogP contribution is 2.27. The SMILES string of the molecule is CC(C)c1c(C(=O)Nc2ccc(-c3ncon3)cc2)cnn1-c1ccccc1Cl. The highest BCUT2D eigenvalue weighted by Gasteiger charge is 2.22. The molecule has 0 saturated carbocycles. The van der Waals surface area contributed by atoms with E-state index >= 15 is 0 Å². The molecular weight excluding hydrogens is 390 g/mol. The van der Waals surface area contributed by atoms with Crippen LogP contribution in [0.15, 0.2) is 65.6 Å². The van der Waals surface area contributed by atoms with Gasteiger partial charge in [-0.3, -0.25) is 4.79 Å². The van der Waals surface area contributed by atoms with E-state index in [2.05, 4.69) is 20.6 Å². The average molecular weight is 408 g/mol. The summed E-state index contributed by atoms with van der Waals surface area (Å²) in [6, 6.07) is 14.6. The summed E-state index contributed by atoms with van der Waals surface area (Å²) < 4.78 is 6.48. The molecule has 146 valence electrons. The highest BCUT2D eigenvalue weighted by atomic mass is 35.5. The molecule has 2 aromatic heterocycles. The summed E-state index contributed by atoms with van der Waals surface area (Å²) in [7, 11) is 0. The van der Waals surface area contributed by atoms with Crippen molar-refractivity contribution in [3.8, 4) is 17.1 Å². The molecule has 2 heterocycles. The van der Waals surface area contributed by atoms with Crippen LogP contribution in [0.1, 0.15) is 35.8 Å². The van der Waals surface area contributed by atoms with Crippen LogP contribution in [-0.4, -0.2) is 25.8 Å². The van der Waals surface area contributed by atoms with E-state index in [1.54, 1.807) is 29.1 Å². The van der Waals surface area contributed by atoms with Gasteiger partial charge in [0.15, 0.2) is 0 Å². The summed E-state index contributed by atoms with van der Waals surface area (Å²) in [5.74, 6) is 0.320. The van der Waals surface area contributed by atoms with Crippen LogP contribution >= 0.6 is 11.6 Å². The van der Waals surface area contributed by atoms with Crippen molar-refractivity contribution in [1.82, 2.24) is 19.9 Å². The molecule has 0 unspecified atom stereocenters. The monoisotopic (exact) mass is 407 g/mol. The number of benzene rings is 2. The Morgan fingerprint density at radius 1 is 1.14 bits per heavy atom. The van der Waals surface area contributed by atoms with Gasteiger partial charge in [-0.15, -0.1) is 0 Å². The molecule has 0 saturated heterocycles. The van der Waals surface area contributed by atoms with E-state index in [-0.39, 0.29) is 11.8 Å². The van der Waals surface area contributed by atoms with Gasteiger partial charge in [0.2, 0.25) is 12.2 Å². The van der Waals surface area contributed by atoms with E-state index < -0.39 is 0 Å². The molecule has 0 aliphatic heterocycles. The largest absolute Gasteiger partial charge is 0.342 e. The van der Waals surface area contributed by atoms with Crippen molar-refractivity contribution in [2.75, 3.05) is 5.32 Å². The van der Waals surface area contributed by atoms with Gasteiger partial charge >= 0.3 is 0 Å². The lowest BCUT2D eigenvalue weighted by Crippen LogP contribution is -2.15. The van der Waals surface area contributed by atoms with E-state index in [4.69, 9.17) is 16.1 Å². The third kappa shape index (κ3) is 3.77. The topological polar surface area (TPSA) is 85.8 Å². The molecule has 4 aromatic rings. The highest BCUT2D eigenvalue weighted by molar-refractivity contribution is 6.32. The Hall–Kier alpha value is -3.45. The van der Waals surface area contributed by atoms with Crippen molar-refractivity contribution in [3.63, 3.8) is 0 Å². The predicted octanol–water partition coefficient (Wildman–Crippen LogP) is 4.95. The van der Waals surface area contributed by atoms with E-state index in [1.807, 2.05) is 44.2 Å². The summed E-state index contributed by atoms with van der Waals surface area (Å²) in [6.45, 7) is 4.03. The fourth-order valence-corrected chi connectivity index (χ4v) is 3.32. The normalized spacial score (nSPS) is 11.0. The van der Waals surface area contributed by atoms with Crippen LogP contribution in [-0.2, 0) is 0 Å². The molecule has 29 heavy (non-hydrogen) atoms. The molecule has 0 aliphatic rings. The number of anilines is 1. The molecule has 1 amide bonds. The van der Waals surface area contributed by atoms with Crippen LogP contribution in [0.3, 0.4) is 0 Å². The van der Waals surface area contributed by atoms with Gasteiger partial charge in [-0.05, 0) is 42.3 Å². The smallest absolute Gasteiger partial charge is 0.259 e. The van der Waals surface area contributed by atoms with E-state index in [0.717, 1.165) is 16.9 Å². The minimum atomic E-state index is -0.237. The molecule has 4 rings (SSSR count). The van der Waals surface area contributed by atoms with Gasteiger partial charge in [0, 0.05) is 11.3 Å². The molecule has 2 aromatic carbocycles. The van der Waals surface area contributed by atoms with Crippen molar-refractivity contribution < 1.29 is 9.32 Å². The van der Waals surface area contributed by atoms with Crippen LogP contribution in [0.25, 0.3) is 17.1 Å². The number of nitrogens with one attached hydrogen (secondary N) is 1. The first-order chi connectivity index (χ1) is 14.0. The summed E-state index contributed by atoms with van der Waals surface area (Å²) >= 11 is 6.33. The zero-order valence-corrected chi connectivity index (χ0v) is 16.6. The van der Waals surface area contributed by atoms with Gasteiger partial charge in [0.05, 0.1) is 28.2 Å². The third-order valence-electron chi connectivity index (χ3n) is 4.44. The second-order valence-electron chi connectivity index (χ2n) is 6.75. The summed E-state index contributed by atoms with van der Waals surface area (Å²) in [4.78, 5) is 17.0. The summed E-state index contributed by atoms with van der Waals surface area (Å²) in [5, 5.41) is 11.7. The zero-order chi connectivity index (χ0) is 20.4. The Balaban J connectivity index is 1.61. The number of carbonyl (C=O) groups is 1. The Morgan fingerprint density at radius 3 is 2.55 bits per heavy atom. The minimum Gasteiger partial charge on any atom is -0.342 e. The van der Waals surface area contributed by atoms with E-state index in [9.17, 15) is 4.79 Å². The predicted molar refractivity (Wildman–Crippen MR) is 110 cm³/mol. The molecule has 0 atom stereocenters. The molecule has 0 bridgehead atoms. The fraction of sp³-hybridized carbons (Fsp3) is 0.143. The Morgan fingerprint density at radius 2 is 1.90 bits per heavy atom. The second kappa shape index (κ2) is 7.89. The molecule has 0 fully saturated rings. The molecule has 0 radical (unpaired) electrons. The van der Waals surface area contributed by atoms with Gasteiger partial charge in [0.1, 0.15) is 0 Å². The number of carbonyl (C=O) groups excluding carboxylic acids is 1. The zero-order valence-electron chi connectivity index (χ0n) is 15.8.